The summed E-state index contributed by atoms with van der Waals surface area (Å²) in [5.74, 6) is 1.77. The Kier molecular flexibility index (Phi) is 3.32. The predicted molar refractivity (Wildman–Crippen MR) is 83.6 cm³/mol. The van der Waals surface area contributed by atoms with E-state index in [1.54, 1.807) is 12.4 Å². The summed E-state index contributed by atoms with van der Waals surface area (Å²) >= 11 is 0. The number of fused-ring (bicyclic) bond motifs is 1. The number of rotatable bonds is 2. The van der Waals surface area contributed by atoms with Gasteiger partial charge in [-0.15, -0.1) is 0 Å². The van der Waals surface area contributed by atoms with Crippen LogP contribution in [0.4, 0.5) is 5.82 Å². The van der Waals surface area contributed by atoms with Gasteiger partial charge in [-0.1, -0.05) is 12.1 Å². The summed E-state index contributed by atoms with van der Waals surface area (Å²) in [6.45, 7) is 8.27. The lowest BCUT2D eigenvalue weighted by atomic mass is 9.89. The molecule has 1 aliphatic rings. The second-order valence-corrected chi connectivity index (χ2v) is 6.35. The van der Waals surface area contributed by atoms with Gasteiger partial charge in [0.15, 0.2) is 0 Å². The molecule has 0 saturated heterocycles. The zero-order chi connectivity index (χ0) is 15.0. The van der Waals surface area contributed by atoms with Crippen LogP contribution >= 0.6 is 0 Å². The van der Waals surface area contributed by atoms with E-state index in [2.05, 4.69) is 54.3 Å². The second kappa shape index (κ2) is 5.02. The highest BCUT2D eigenvalue weighted by Crippen LogP contribution is 2.41. The van der Waals surface area contributed by atoms with Gasteiger partial charge in [0.1, 0.15) is 17.2 Å². The molecule has 0 saturated carbocycles. The van der Waals surface area contributed by atoms with Crippen LogP contribution in [0.2, 0.25) is 0 Å². The van der Waals surface area contributed by atoms with Gasteiger partial charge in [0.25, 0.3) is 0 Å². The van der Waals surface area contributed by atoms with Crippen LogP contribution in [0.3, 0.4) is 0 Å². The van der Waals surface area contributed by atoms with Crippen LogP contribution < -0.4 is 10.1 Å². The molecular weight excluding hydrogens is 262 g/mol. The third-order valence-electron chi connectivity index (χ3n) is 3.70. The first-order valence-corrected chi connectivity index (χ1v) is 7.28. The molecule has 1 aromatic carbocycles. The maximum absolute atomic E-state index is 6.12. The Balaban J connectivity index is 1.95. The average Bonchev–Trinajstić information content (AvgIpc) is 2.36. The van der Waals surface area contributed by atoms with Crippen LogP contribution in [0.5, 0.6) is 5.75 Å². The highest BCUT2D eigenvalue weighted by molar-refractivity contribution is 5.46. The molecule has 21 heavy (non-hydrogen) atoms. The Bertz CT molecular complexity index is 667. The largest absolute Gasteiger partial charge is 0.487 e. The molecule has 1 aromatic heterocycles. The molecular formula is C17H21N3O. The third-order valence-corrected chi connectivity index (χ3v) is 3.70. The van der Waals surface area contributed by atoms with Crippen molar-refractivity contribution < 1.29 is 4.74 Å². The number of benzene rings is 1. The normalized spacial score (nSPS) is 19.5. The van der Waals surface area contributed by atoms with E-state index in [1.807, 2.05) is 6.92 Å². The maximum atomic E-state index is 6.12. The van der Waals surface area contributed by atoms with Gasteiger partial charge < -0.3 is 10.1 Å². The SMILES string of the molecule is Cc1ccc2c(c1)OC(C)(C)CC2Nc1cncc(C)n1. The van der Waals surface area contributed by atoms with E-state index in [-0.39, 0.29) is 11.6 Å². The summed E-state index contributed by atoms with van der Waals surface area (Å²) in [7, 11) is 0. The number of hydrogen-bond donors (Lipinski definition) is 1. The van der Waals surface area contributed by atoms with Crippen molar-refractivity contribution in [2.24, 2.45) is 0 Å². The molecule has 0 radical (unpaired) electrons. The Hall–Kier alpha value is -2.10. The second-order valence-electron chi connectivity index (χ2n) is 6.35. The van der Waals surface area contributed by atoms with Crippen molar-refractivity contribution in [3.05, 3.63) is 47.4 Å². The number of hydrogen-bond acceptors (Lipinski definition) is 4. The molecule has 0 spiro atoms. The molecule has 1 unspecified atom stereocenters. The molecule has 1 atom stereocenters. The first-order chi connectivity index (χ1) is 9.93. The van der Waals surface area contributed by atoms with Crippen molar-refractivity contribution in [3.63, 3.8) is 0 Å². The van der Waals surface area contributed by atoms with E-state index in [0.717, 1.165) is 23.7 Å². The number of aryl methyl sites for hydroxylation is 2. The summed E-state index contributed by atoms with van der Waals surface area (Å²) in [5.41, 5.74) is 3.11. The van der Waals surface area contributed by atoms with Crippen LogP contribution in [0, 0.1) is 13.8 Å². The molecule has 0 fully saturated rings. The van der Waals surface area contributed by atoms with Gasteiger partial charge >= 0.3 is 0 Å². The lowest BCUT2D eigenvalue weighted by Gasteiger charge is -2.38. The van der Waals surface area contributed by atoms with Crippen molar-refractivity contribution in [1.82, 2.24) is 9.97 Å². The van der Waals surface area contributed by atoms with Gasteiger partial charge in [0.05, 0.1) is 17.9 Å². The number of aromatic nitrogens is 2. The van der Waals surface area contributed by atoms with Crippen molar-refractivity contribution in [3.8, 4) is 5.75 Å². The Morgan fingerprint density at radius 1 is 1.24 bits per heavy atom. The van der Waals surface area contributed by atoms with Crippen LogP contribution in [0.25, 0.3) is 0 Å². The summed E-state index contributed by atoms with van der Waals surface area (Å²) in [6.07, 6.45) is 4.42. The van der Waals surface area contributed by atoms with Gasteiger partial charge in [-0.25, -0.2) is 4.98 Å². The maximum Gasteiger partial charge on any atom is 0.145 e. The van der Waals surface area contributed by atoms with Gasteiger partial charge in [0.2, 0.25) is 0 Å². The topological polar surface area (TPSA) is 47.0 Å². The summed E-state index contributed by atoms with van der Waals surface area (Å²) in [5, 5.41) is 3.50. The highest BCUT2D eigenvalue weighted by atomic mass is 16.5. The molecule has 1 aliphatic heterocycles. The predicted octanol–water partition coefficient (Wildman–Crippen LogP) is 3.81. The standard InChI is InChI=1S/C17H21N3O/c1-11-5-6-13-14(8-17(3,4)21-15(13)7-11)20-16-10-18-9-12(2)19-16/h5-7,9-10,14H,8H2,1-4H3,(H,19,20). The Morgan fingerprint density at radius 2 is 2.05 bits per heavy atom. The summed E-state index contributed by atoms with van der Waals surface area (Å²) in [4.78, 5) is 8.69. The molecule has 2 heterocycles. The molecule has 110 valence electrons. The van der Waals surface area contributed by atoms with Crippen molar-refractivity contribution in [2.75, 3.05) is 5.32 Å². The molecule has 2 aromatic rings. The first kappa shape index (κ1) is 13.9. The zero-order valence-corrected chi connectivity index (χ0v) is 13.0. The molecule has 0 aliphatic carbocycles. The number of anilines is 1. The van der Waals surface area contributed by atoms with Crippen molar-refractivity contribution >= 4 is 5.82 Å². The zero-order valence-electron chi connectivity index (χ0n) is 13.0. The fourth-order valence-corrected chi connectivity index (χ4v) is 2.80. The van der Waals surface area contributed by atoms with Gasteiger partial charge in [-0.05, 0) is 39.3 Å². The van der Waals surface area contributed by atoms with Crippen molar-refractivity contribution in [2.45, 2.75) is 45.8 Å². The van der Waals surface area contributed by atoms with E-state index < -0.39 is 0 Å². The minimum Gasteiger partial charge on any atom is -0.487 e. The monoisotopic (exact) mass is 283 g/mol. The van der Waals surface area contributed by atoms with E-state index in [0.29, 0.717) is 0 Å². The molecule has 0 amide bonds. The molecule has 4 nitrogen and oxygen atoms in total. The van der Waals surface area contributed by atoms with E-state index in [1.165, 1.54) is 11.1 Å². The molecule has 3 rings (SSSR count). The van der Waals surface area contributed by atoms with Crippen LogP contribution in [-0.2, 0) is 0 Å². The Morgan fingerprint density at radius 3 is 2.81 bits per heavy atom. The fourth-order valence-electron chi connectivity index (χ4n) is 2.80. The van der Waals surface area contributed by atoms with Crippen LogP contribution in [-0.4, -0.2) is 15.6 Å². The smallest absolute Gasteiger partial charge is 0.145 e. The molecule has 4 heteroatoms. The summed E-state index contributed by atoms with van der Waals surface area (Å²) in [6, 6.07) is 6.55. The van der Waals surface area contributed by atoms with Crippen molar-refractivity contribution in [1.29, 1.82) is 0 Å². The quantitative estimate of drug-likeness (QED) is 0.910. The van der Waals surface area contributed by atoms with Gasteiger partial charge in [-0.3, -0.25) is 4.98 Å². The summed E-state index contributed by atoms with van der Waals surface area (Å²) < 4.78 is 6.12. The third kappa shape index (κ3) is 2.99. The molecule has 0 bridgehead atoms. The minimum atomic E-state index is -0.199. The Labute approximate surface area is 125 Å². The number of ether oxygens (including phenoxy) is 1. The average molecular weight is 283 g/mol. The first-order valence-electron chi connectivity index (χ1n) is 7.28. The van der Waals surface area contributed by atoms with E-state index in [4.69, 9.17) is 4.74 Å². The van der Waals surface area contributed by atoms with Crippen LogP contribution in [0.15, 0.2) is 30.6 Å². The number of nitrogens with one attached hydrogen (secondary N) is 1. The highest BCUT2D eigenvalue weighted by Gasteiger charge is 2.33. The van der Waals surface area contributed by atoms with Crippen LogP contribution in [0.1, 0.15) is 43.1 Å². The van der Waals surface area contributed by atoms with E-state index in [9.17, 15) is 0 Å². The lowest BCUT2D eigenvalue weighted by Crippen LogP contribution is -2.37. The number of nitrogens with zero attached hydrogens (tertiary/aromatic N) is 2. The minimum absolute atomic E-state index is 0.181. The van der Waals surface area contributed by atoms with E-state index >= 15 is 0 Å². The molecule has 1 N–H and O–H groups in total. The lowest BCUT2D eigenvalue weighted by molar-refractivity contribution is 0.0758. The fraction of sp³-hybridized carbons (Fsp3) is 0.412. The van der Waals surface area contributed by atoms with Gasteiger partial charge in [-0.2, -0.15) is 0 Å². The van der Waals surface area contributed by atoms with Gasteiger partial charge in [0, 0.05) is 18.2 Å².